The van der Waals surface area contributed by atoms with E-state index in [2.05, 4.69) is 9.72 Å². The Hall–Kier alpha value is -1.14. The van der Waals surface area contributed by atoms with E-state index in [1.807, 2.05) is 0 Å². The summed E-state index contributed by atoms with van der Waals surface area (Å²) in [5.41, 5.74) is 4.25. The Morgan fingerprint density at radius 3 is 2.60 bits per heavy atom. The Bertz CT molecular complexity index is 305. The summed E-state index contributed by atoms with van der Waals surface area (Å²) in [7, 11) is 0. The van der Waals surface area contributed by atoms with E-state index in [-0.39, 0.29) is 0 Å². The number of hydrogen-bond donors (Lipinski definition) is 1. The molecule has 0 aliphatic carbocycles. The molecule has 1 aromatic rings. The van der Waals surface area contributed by atoms with Crippen molar-refractivity contribution in [2.24, 2.45) is 5.73 Å². The molecule has 0 radical (unpaired) electrons. The fourth-order valence-corrected chi connectivity index (χ4v) is 1.01. The van der Waals surface area contributed by atoms with Gasteiger partial charge in [0.25, 0.3) is 12.8 Å². The number of hydrogen-bond acceptors (Lipinski definition) is 3. The van der Waals surface area contributed by atoms with Crippen LogP contribution in [-0.4, -0.2) is 17.8 Å². The maximum Gasteiger partial charge on any atom is 0.293 e. The van der Waals surface area contributed by atoms with Crippen LogP contribution in [-0.2, 0) is 10.5 Å². The van der Waals surface area contributed by atoms with Crippen LogP contribution in [0, 0.1) is 0 Å². The Morgan fingerprint density at radius 2 is 2.13 bits per heavy atom. The number of nitrogens with two attached hydrogens (primary N) is 1. The molecule has 0 aromatic carbocycles. The van der Waals surface area contributed by atoms with Gasteiger partial charge in [0.05, 0.1) is 0 Å². The molecule has 6 heteroatoms. The summed E-state index contributed by atoms with van der Waals surface area (Å²) in [6.07, 6.45) is -3.11. The van der Waals surface area contributed by atoms with Crippen molar-refractivity contribution < 1.29 is 17.9 Å². The molecule has 15 heavy (non-hydrogen) atoms. The summed E-state index contributed by atoms with van der Waals surface area (Å²) in [6.45, 7) is 1.29. The number of nitrogens with zero attached hydrogens (tertiary/aromatic N) is 1. The van der Waals surface area contributed by atoms with Gasteiger partial charge >= 0.3 is 0 Å². The predicted octanol–water partition coefficient (Wildman–Crippen LogP) is 1.79. The number of halogens is 3. The smallest absolute Gasteiger partial charge is 0.293 e. The number of ether oxygens (including phenoxy) is 1. The zero-order valence-electron chi connectivity index (χ0n) is 8.03. The highest BCUT2D eigenvalue weighted by Gasteiger charge is 2.31. The molecule has 1 aromatic heterocycles. The van der Waals surface area contributed by atoms with Crippen molar-refractivity contribution in [1.82, 2.24) is 4.98 Å². The fourth-order valence-electron chi connectivity index (χ4n) is 1.01. The molecule has 0 fully saturated rings. The van der Waals surface area contributed by atoms with E-state index < -0.39 is 18.5 Å². The second-order valence-corrected chi connectivity index (χ2v) is 3.15. The standard InChI is InChI=1S/C9H11F3N2O/c1-9(13,15-8(12)7(10)11)6-3-2-4-14-5-6/h2-5,7-8H,13H2,1H3. The molecule has 1 heterocycles. The van der Waals surface area contributed by atoms with E-state index in [1.54, 1.807) is 6.07 Å². The minimum Gasteiger partial charge on any atom is -0.318 e. The zero-order valence-corrected chi connectivity index (χ0v) is 8.03. The number of pyridine rings is 1. The van der Waals surface area contributed by atoms with Gasteiger partial charge in [-0.1, -0.05) is 6.07 Å². The first kappa shape index (κ1) is 11.9. The van der Waals surface area contributed by atoms with E-state index >= 15 is 0 Å². The quantitative estimate of drug-likeness (QED) is 0.787. The summed E-state index contributed by atoms with van der Waals surface area (Å²) in [5, 5.41) is 0. The molecule has 2 unspecified atom stereocenters. The molecule has 0 spiro atoms. The molecule has 2 N–H and O–H groups in total. The van der Waals surface area contributed by atoms with Crippen molar-refractivity contribution in [2.75, 3.05) is 0 Å². The second kappa shape index (κ2) is 4.59. The van der Waals surface area contributed by atoms with Crippen LogP contribution in [0.2, 0.25) is 0 Å². The number of alkyl halides is 3. The Kier molecular flexibility index (Phi) is 3.65. The molecule has 84 valence electrons. The van der Waals surface area contributed by atoms with Crippen molar-refractivity contribution in [3.8, 4) is 0 Å². The fraction of sp³-hybridized carbons (Fsp3) is 0.444. The lowest BCUT2D eigenvalue weighted by Crippen LogP contribution is -2.40. The van der Waals surface area contributed by atoms with E-state index in [4.69, 9.17) is 5.73 Å². The minimum atomic E-state index is -3.22. The van der Waals surface area contributed by atoms with Crippen LogP contribution in [0.15, 0.2) is 24.5 Å². The van der Waals surface area contributed by atoms with Crippen LogP contribution in [0.4, 0.5) is 13.2 Å². The molecule has 0 saturated heterocycles. The van der Waals surface area contributed by atoms with Crippen molar-refractivity contribution in [3.05, 3.63) is 30.1 Å². The topological polar surface area (TPSA) is 48.1 Å². The van der Waals surface area contributed by atoms with E-state index in [0.29, 0.717) is 5.56 Å². The van der Waals surface area contributed by atoms with Crippen molar-refractivity contribution in [2.45, 2.75) is 25.4 Å². The van der Waals surface area contributed by atoms with E-state index in [1.165, 1.54) is 25.4 Å². The zero-order chi connectivity index (χ0) is 11.5. The van der Waals surface area contributed by atoms with Crippen molar-refractivity contribution in [3.63, 3.8) is 0 Å². The van der Waals surface area contributed by atoms with Gasteiger partial charge in [-0.05, 0) is 13.0 Å². The third-order valence-electron chi connectivity index (χ3n) is 1.79. The average molecular weight is 220 g/mol. The Balaban J connectivity index is 2.75. The van der Waals surface area contributed by atoms with Gasteiger partial charge in [0, 0.05) is 18.0 Å². The van der Waals surface area contributed by atoms with Crippen LogP contribution in [0.5, 0.6) is 0 Å². The first-order valence-electron chi connectivity index (χ1n) is 4.23. The maximum atomic E-state index is 12.6. The first-order chi connectivity index (χ1) is 6.93. The van der Waals surface area contributed by atoms with Gasteiger partial charge in [-0.3, -0.25) is 10.7 Å². The molecule has 0 aliphatic heterocycles. The summed E-state index contributed by atoms with van der Waals surface area (Å²) >= 11 is 0. The first-order valence-corrected chi connectivity index (χ1v) is 4.23. The van der Waals surface area contributed by atoms with Gasteiger partial charge in [0.1, 0.15) is 5.72 Å². The molecule has 3 nitrogen and oxygen atoms in total. The van der Waals surface area contributed by atoms with Crippen LogP contribution in [0.3, 0.4) is 0 Å². The minimum absolute atomic E-state index is 0.327. The van der Waals surface area contributed by atoms with Gasteiger partial charge in [-0.15, -0.1) is 0 Å². The normalized spacial score (nSPS) is 17.5. The highest BCUT2D eigenvalue weighted by atomic mass is 19.3. The molecule has 1 rings (SSSR count). The van der Waals surface area contributed by atoms with Crippen molar-refractivity contribution >= 4 is 0 Å². The lowest BCUT2D eigenvalue weighted by molar-refractivity contribution is -0.196. The van der Waals surface area contributed by atoms with Gasteiger partial charge in [-0.25, -0.2) is 13.2 Å². The lowest BCUT2D eigenvalue weighted by Gasteiger charge is -2.26. The largest absolute Gasteiger partial charge is 0.318 e. The van der Waals surface area contributed by atoms with Crippen LogP contribution in [0.25, 0.3) is 0 Å². The van der Waals surface area contributed by atoms with Crippen LogP contribution >= 0.6 is 0 Å². The highest BCUT2D eigenvalue weighted by Crippen LogP contribution is 2.22. The number of rotatable bonds is 4. The molecular formula is C9H11F3N2O. The molecular weight excluding hydrogens is 209 g/mol. The average Bonchev–Trinajstić information content (AvgIpc) is 2.18. The van der Waals surface area contributed by atoms with Crippen LogP contribution < -0.4 is 5.73 Å². The lowest BCUT2D eigenvalue weighted by atomic mass is 10.1. The molecule has 0 aliphatic rings. The van der Waals surface area contributed by atoms with Gasteiger partial charge in [-0.2, -0.15) is 0 Å². The predicted molar refractivity (Wildman–Crippen MR) is 47.8 cm³/mol. The van der Waals surface area contributed by atoms with E-state index in [9.17, 15) is 13.2 Å². The summed E-state index contributed by atoms with van der Waals surface area (Å²) < 4.78 is 40.8. The molecule has 0 bridgehead atoms. The van der Waals surface area contributed by atoms with Gasteiger partial charge < -0.3 is 4.74 Å². The highest BCUT2D eigenvalue weighted by molar-refractivity contribution is 5.15. The Morgan fingerprint density at radius 1 is 1.47 bits per heavy atom. The van der Waals surface area contributed by atoms with Gasteiger partial charge in [0.2, 0.25) is 0 Å². The maximum absolute atomic E-state index is 12.6. The molecule has 0 saturated carbocycles. The Labute approximate surface area is 85.1 Å². The third kappa shape index (κ3) is 3.17. The monoisotopic (exact) mass is 220 g/mol. The SMILES string of the molecule is CC(N)(OC(F)C(F)F)c1cccnc1. The van der Waals surface area contributed by atoms with Gasteiger partial charge in [0.15, 0.2) is 0 Å². The van der Waals surface area contributed by atoms with Crippen molar-refractivity contribution in [1.29, 1.82) is 0 Å². The van der Waals surface area contributed by atoms with E-state index in [0.717, 1.165) is 0 Å². The summed E-state index contributed by atoms with van der Waals surface area (Å²) in [6, 6.07) is 3.07. The summed E-state index contributed by atoms with van der Waals surface area (Å²) in [5.74, 6) is 0. The molecule has 0 amide bonds. The summed E-state index contributed by atoms with van der Waals surface area (Å²) in [4.78, 5) is 3.73. The van der Waals surface area contributed by atoms with Crippen LogP contribution in [0.1, 0.15) is 12.5 Å². The second-order valence-electron chi connectivity index (χ2n) is 3.15. The number of aromatic nitrogens is 1. The third-order valence-corrected chi connectivity index (χ3v) is 1.79. The molecule has 2 atom stereocenters.